The average Bonchev–Trinajstić information content (AvgIpc) is 2.95. The van der Waals surface area contributed by atoms with Crippen LogP contribution in [0.15, 0.2) is 97.1 Å². The maximum absolute atomic E-state index is 14.1. The van der Waals surface area contributed by atoms with E-state index in [1.54, 1.807) is 50.2 Å². The lowest BCUT2D eigenvalue weighted by atomic mass is 9.82. The third-order valence-electron chi connectivity index (χ3n) is 7.13. The standard InChI is InChI=1S/C34H30FNO4/c1-22(37)26-20-25(15-14-23-10-6-4-7-11-23)31-29(21-26)30(32(38)34(2,3)40-31)36(28-18-16-27(35)17-19-28)33(39)24-12-8-5-9-13-24/h4-21,30,32,38H,1-3H3/t30-,32+/m1/s1. The van der Waals surface area contributed by atoms with Crippen LogP contribution in [-0.2, 0) is 0 Å². The molecule has 2 atom stereocenters. The van der Waals surface area contributed by atoms with E-state index in [2.05, 4.69) is 0 Å². The molecule has 6 heteroatoms. The lowest BCUT2D eigenvalue weighted by Gasteiger charge is -2.47. The number of aliphatic hydroxyl groups excluding tert-OH is 1. The fraction of sp³-hybridized carbons (Fsp3) is 0.176. The third-order valence-corrected chi connectivity index (χ3v) is 7.13. The summed E-state index contributed by atoms with van der Waals surface area (Å²) in [4.78, 5) is 28.2. The van der Waals surface area contributed by atoms with Crippen molar-refractivity contribution in [2.24, 2.45) is 0 Å². The number of nitrogens with zero attached hydrogens (tertiary/aromatic N) is 1. The zero-order valence-corrected chi connectivity index (χ0v) is 22.5. The minimum absolute atomic E-state index is 0.169. The van der Waals surface area contributed by atoms with Crippen LogP contribution >= 0.6 is 0 Å². The molecule has 0 radical (unpaired) electrons. The van der Waals surface area contributed by atoms with Crippen LogP contribution in [0.3, 0.4) is 0 Å². The monoisotopic (exact) mass is 535 g/mol. The highest BCUT2D eigenvalue weighted by atomic mass is 19.1. The highest BCUT2D eigenvalue weighted by Gasteiger charge is 2.48. The molecule has 0 aromatic heterocycles. The fourth-order valence-electron chi connectivity index (χ4n) is 4.97. The third kappa shape index (κ3) is 5.31. The molecule has 4 aromatic carbocycles. The minimum atomic E-state index is -1.19. The second-order valence-electron chi connectivity index (χ2n) is 10.4. The number of hydrogen-bond donors (Lipinski definition) is 1. The molecule has 1 aliphatic heterocycles. The highest BCUT2D eigenvalue weighted by molar-refractivity contribution is 6.07. The van der Waals surface area contributed by atoms with Crippen molar-refractivity contribution in [2.75, 3.05) is 4.90 Å². The molecular formula is C34H30FNO4. The Labute approximate surface area is 233 Å². The largest absolute Gasteiger partial charge is 0.484 e. The molecule has 0 saturated carbocycles. The molecule has 5 rings (SSSR count). The van der Waals surface area contributed by atoms with E-state index in [0.717, 1.165) is 5.56 Å². The normalized spacial score (nSPS) is 17.6. The number of carbonyl (C=O) groups is 2. The first kappa shape index (κ1) is 27.0. The highest BCUT2D eigenvalue weighted by Crippen LogP contribution is 2.47. The second-order valence-corrected chi connectivity index (χ2v) is 10.4. The number of benzene rings is 4. The van der Waals surface area contributed by atoms with Crippen molar-refractivity contribution in [1.82, 2.24) is 0 Å². The molecule has 40 heavy (non-hydrogen) atoms. The Hall–Kier alpha value is -4.55. The number of fused-ring (bicyclic) bond motifs is 1. The van der Waals surface area contributed by atoms with Crippen LogP contribution in [0.5, 0.6) is 5.75 Å². The molecule has 0 bridgehead atoms. The summed E-state index contributed by atoms with van der Waals surface area (Å²) in [5, 5.41) is 11.8. The summed E-state index contributed by atoms with van der Waals surface area (Å²) in [7, 11) is 0. The van der Waals surface area contributed by atoms with E-state index in [1.165, 1.54) is 36.1 Å². The van der Waals surface area contributed by atoms with E-state index in [9.17, 15) is 19.1 Å². The summed E-state index contributed by atoms with van der Waals surface area (Å²) in [6, 6.07) is 26.5. The molecule has 1 N–H and O–H groups in total. The van der Waals surface area contributed by atoms with E-state index in [-0.39, 0.29) is 11.7 Å². The molecule has 1 amide bonds. The van der Waals surface area contributed by atoms with Crippen LogP contribution in [0.2, 0.25) is 0 Å². The van der Waals surface area contributed by atoms with E-state index in [4.69, 9.17) is 4.74 Å². The first-order valence-corrected chi connectivity index (χ1v) is 13.1. The molecule has 0 fully saturated rings. The molecule has 1 aliphatic rings. The van der Waals surface area contributed by atoms with Gasteiger partial charge in [0.2, 0.25) is 0 Å². The van der Waals surface area contributed by atoms with Gasteiger partial charge in [-0.3, -0.25) is 14.5 Å². The van der Waals surface area contributed by atoms with Crippen LogP contribution in [-0.4, -0.2) is 28.5 Å². The molecule has 0 saturated heterocycles. The summed E-state index contributed by atoms with van der Waals surface area (Å²) in [5.41, 5.74) is 2.19. The number of ketones is 1. The Morgan fingerprint density at radius 3 is 2.12 bits per heavy atom. The Morgan fingerprint density at radius 2 is 1.50 bits per heavy atom. The molecule has 5 nitrogen and oxygen atoms in total. The lowest BCUT2D eigenvalue weighted by molar-refractivity contribution is -0.0578. The van der Waals surface area contributed by atoms with Crippen molar-refractivity contribution >= 4 is 29.5 Å². The van der Waals surface area contributed by atoms with Crippen molar-refractivity contribution in [3.05, 3.63) is 131 Å². The molecule has 4 aromatic rings. The summed E-state index contributed by atoms with van der Waals surface area (Å²) >= 11 is 0. The van der Waals surface area contributed by atoms with E-state index in [0.29, 0.717) is 33.7 Å². The number of amides is 1. The first-order chi connectivity index (χ1) is 19.2. The van der Waals surface area contributed by atoms with Gasteiger partial charge in [0, 0.05) is 27.9 Å². The van der Waals surface area contributed by atoms with Crippen molar-refractivity contribution in [1.29, 1.82) is 0 Å². The zero-order valence-electron chi connectivity index (χ0n) is 22.5. The maximum Gasteiger partial charge on any atom is 0.258 e. The summed E-state index contributed by atoms with van der Waals surface area (Å²) in [5.74, 6) is -0.533. The molecule has 0 spiro atoms. The lowest BCUT2D eigenvalue weighted by Crippen LogP contribution is -2.55. The summed E-state index contributed by atoms with van der Waals surface area (Å²) in [6.07, 6.45) is 2.60. The number of aliphatic hydroxyl groups is 1. The predicted molar refractivity (Wildman–Crippen MR) is 155 cm³/mol. The Kier molecular flexibility index (Phi) is 7.37. The van der Waals surface area contributed by atoms with Crippen molar-refractivity contribution in [2.45, 2.75) is 38.5 Å². The van der Waals surface area contributed by atoms with Gasteiger partial charge in [-0.25, -0.2) is 4.39 Å². The van der Waals surface area contributed by atoms with Gasteiger partial charge >= 0.3 is 0 Å². The van der Waals surface area contributed by atoms with Gasteiger partial charge < -0.3 is 9.84 Å². The van der Waals surface area contributed by atoms with Crippen LogP contribution in [0, 0.1) is 5.82 Å². The average molecular weight is 536 g/mol. The van der Waals surface area contributed by atoms with Gasteiger partial charge in [-0.05, 0) is 74.9 Å². The van der Waals surface area contributed by atoms with Gasteiger partial charge in [-0.2, -0.15) is 0 Å². The molecule has 202 valence electrons. The summed E-state index contributed by atoms with van der Waals surface area (Å²) < 4.78 is 20.4. The number of anilines is 1. The molecule has 1 heterocycles. The Balaban J connectivity index is 1.75. The fourth-order valence-corrected chi connectivity index (χ4v) is 4.97. The van der Waals surface area contributed by atoms with E-state index < -0.39 is 23.6 Å². The smallest absolute Gasteiger partial charge is 0.258 e. The number of halogens is 1. The number of carbonyl (C=O) groups excluding carboxylic acids is 2. The molecule has 0 aliphatic carbocycles. The zero-order chi connectivity index (χ0) is 28.4. The van der Waals surface area contributed by atoms with Crippen molar-refractivity contribution < 1.29 is 23.8 Å². The molecule has 0 unspecified atom stereocenters. The molecular weight excluding hydrogens is 505 g/mol. The minimum Gasteiger partial charge on any atom is -0.484 e. The van der Waals surface area contributed by atoms with Crippen molar-refractivity contribution in [3.63, 3.8) is 0 Å². The van der Waals surface area contributed by atoms with Gasteiger partial charge in [0.1, 0.15) is 23.3 Å². The van der Waals surface area contributed by atoms with Crippen LogP contribution in [0.4, 0.5) is 10.1 Å². The van der Waals surface area contributed by atoms with E-state index >= 15 is 0 Å². The Bertz CT molecular complexity index is 1560. The number of hydrogen-bond acceptors (Lipinski definition) is 4. The van der Waals surface area contributed by atoms with Gasteiger partial charge in [0.15, 0.2) is 5.78 Å². The SMILES string of the molecule is CC(=O)c1cc(C=Cc2ccccc2)c2c(c1)[C@@H](N(C(=O)c1ccccc1)c1ccc(F)cc1)[C@H](O)C(C)(C)O2. The topological polar surface area (TPSA) is 66.8 Å². The van der Waals surface area contributed by atoms with Crippen LogP contribution in [0.1, 0.15) is 64.2 Å². The Morgan fingerprint density at radius 1 is 0.875 bits per heavy atom. The summed E-state index contributed by atoms with van der Waals surface area (Å²) in [6.45, 7) is 4.98. The number of Topliss-reactive ketones (excluding diaryl/α,β-unsaturated/α-hetero) is 1. The quantitative estimate of drug-likeness (QED) is 0.211. The predicted octanol–water partition coefficient (Wildman–Crippen LogP) is 7.12. The van der Waals surface area contributed by atoms with Crippen LogP contribution < -0.4 is 9.64 Å². The first-order valence-electron chi connectivity index (χ1n) is 13.1. The van der Waals surface area contributed by atoms with Gasteiger partial charge in [-0.15, -0.1) is 0 Å². The second kappa shape index (κ2) is 10.9. The van der Waals surface area contributed by atoms with E-state index in [1.807, 2.05) is 48.6 Å². The van der Waals surface area contributed by atoms with Gasteiger partial charge in [-0.1, -0.05) is 60.7 Å². The number of rotatable bonds is 6. The van der Waals surface area contributed by atoms with Gasteiger partial charge in [0.05, 0.1) is 6.04 Å². The van der Waals surface area contributed by atoms with Gasteiger partial charge in [0.25, 0.3) is 5.91 Å². The number of ether oxygens (including phenoxy) is 1. The van der Waals surface area contributed by atoms with Crippen molar-refractivity contribution in [3.8, 4) is 5.75 Å². The van der Waals surface area contributed by atoms with Crippen LogP contribution in [0.25, 0.3) is 12.2 Å². The maximum atomic E-state index is 14.1.